The van der Waals surface area contributed by atoms with Crippen molar-refractivity contribution in [2.45, 2.75) is 19.4 Å². The zero-order valence-electron chi connectivity index (χ0n) is 5.54. The summed E-state index contributed by atoms with van der Waals surface area (Å²) < 4.78 is 0. The van der Waals surface area contributed by atoms with Gasteiger partial charge in [0.15, 0.2) is 0 Å². The lowest BCUT2D eigenvalue weighted by Crippen LogP contribution is -2.04. The van der Waals surface area contributed by atoms with Crippen LogP contribution >= 0.6 is 0 Å². The van der Waals surface area contributed by atoms with Gasteiger partial charge in [0.25, 0.3) is 0 Å². The molecule has 3 nitrogen and oxygen atoms in total. The number of rotatable bonds is 2. The van der Waals surface area contributed by atoms with E-state index in [2.05, 4.69) is 9.98 Å². The predicted molar refractivity (Wildman–Crippen MR) is 39.1 cm³/mol. The van der Waals surface area contributed by atoms with Crippen LogP contribution in [0.2, 0.25) is 0 Å². The lowest BCUT2D eigenvalue weighted by molar-refractivity contribution is 0.982. The first-order valence-electron chi connectivity index (χ1n) is 3.14. The second-order valence-corrected chi connectivity index (χ2v) is 2.10. The third-order valence-electron chi connectivity index (χ3n) is 1.16. The Hall–Kier alpha value is -0.700. The first-order chi connectivity index (χ1) is 4.33. The van der Waals surface area contributed by atoms with Crippen molar-refractivity contribution in [3.8, 4) is 0 Å². The molecule has 0 aromatic carbocycles. The largest absolute Gasteiger partial charge is 0.330 e. The van der Waals surface area contributed by atoms with Crippen molar-refractivity contribution >= 4 is 12.1 Å². The Morgan fingerprint density at radius 1 is 1.78 bits per heavy atom. The molecule has 0 spiro atoms. The fraction of sp³-hybridized carbons (Fsp3) is 0.667. The third-order valence-corrected chi connectivity index (χ3v) is 1.16. The number of nitrogens with two attached hydrogens (primary N) is 1. The molecule has 1 heterocycles. The van der Waals surface area contributed by atoms with E-state index in [1.54, 1.807) is 0 Å². The van der Waals surface area contributed by atoms with E-state index in [0.29, 0.717) is 6.54 Å². The predicted octanol–water partition coefficient (Wildman–Crippen LogP) is 0.207. The maximum absolute atomic E-state index is 5.30. The summed E-state index contributed by atoms with van der Waals surface area (Å²) in [7, 11) is 0. The lowest BCUT2D eigenvalue weighted by Gasteiger charge is -1.90. The smallest absolute Gasteiger partial charge is 0.124 e. The molecule has 1 rings (SSSR count). The van der Waals surface area contributed by atoms with Gasteiger partial charge < -0.3 is 5.73 Å². The number of nitrogens with zero attached hydrogens (tertiary/aromatic N) is 2. The summed E-state index contributed by atoms with van der Waals surface area (Å²) in [5, 5.41) is 0. The molecular weight excluding hydrogens is 114 g/mol. The SMILES string of the molecule is CC1C=NC(CCN)=N1. The van der Waals surface area contributed by atoms with Crippen molar-refractivity contribution in [2.75, 3.05) is 6.54 Å². The molecule has 0 fully saturated rings. The van der Waals surface area contributed by atoms with Gasteiger partial charge in [-0.15, -0.1) is 0 Å². The Kier molecular flexibility index (Phi) is 1.95. The second-order valence-electron chi connectivity index (χ2n) is 2.10. The zero-order chi connectivity index (χ0) is 6.69. The molecule has 1 aliphatic rings. The highest BCUT2D eigenvalue weighted by molar-refractivity contribution is 5.95. The number of amidine groups is 1. The molecule has 50 valence electrons. The molecule has 0 radical (unpaired) electrons. The van der Waals surface area contributed by atoms with Crippen molar-refractivity contribution in [2.24, 2.45) is 15.7 Å². The van der Waals surface area contributed by atoms with Gasteiger partial charge in [-0.2, -0.15) is 0 Å². The van der Waals surface area contributed by atoms with Crippen LogP contribution in [0.1, 0.15) is 13.3 Å². The van der Waals surface area contributed by atoms with E-state index in [4.69, 9.17) is 5.73 Å². The Labute approximate surface area is 54.7 Å². The minimum absolute atomic E-state index is 0.270. The van der Waals surface area contributed by atoms with Gasteiger partial charge in [0.2, 0.25) is 0 Å². The standard InChI is InChI=1S/C6H11N3/c1-5-4-8-6(9-5)2-3-7/h4-5H,2-3,7H2,1H3. The first kappa shape index (κ1) is 6.42. The third kappa shape index (κ3) is 1.61. The summed E-state index contributed by atoms with van der Waals surface area (Å²) in [4.78, 5) is 8.24. The van der Waals surface area contributed by atoms with E-state index in [0.717, 1.165) is 12.3 Å². The summed E-state index contributed by atoms with van der Waals surface area (Å²) in [5.41, 5.74) is 5.30. The van der Waals surface area contributed by atoms with E-state index in [1.807, 2.05) is 13.1 Å². The highest BCUT2D eigenvalue weighted by atomic mass is 15.0. The van der Waals surface area contributed by atoms with Crippen LogP contribution in [0.3, 0.4) is 0 Å². The Morgan fingerprint density at radius 3 is 3.00 bits per heavy atom. The van der Waals surface area contributed by atoms with Gasteiger partial charge in [0, 0.05) is 12.6 Å². The van der Waals surface area contributed by atoms with Crippen LogP contribution < -0.4 is 5.73 Å². The van der Waals surface area contributed by atoms with Gasteiger partial charge >= 0.3 is 0 Å². The summed E-state index contributed by atoms with van der Waals surface area (Å²) in [5.74, 6) is 0.894. The quantitative estimate of drug-likeness (QED) is 0.563. The topological polar surface area (TPSA) is 50.7 Å². The lowest BCUT2D eigenvalue weighted by atomic mass is 10.4. The van der Waals surface area contributed by atoms with Gasteiger partial charge in [0.05, 0.1) is 6.04 Å². The molecule has 1 unspecified atom stereocenters. The van der Waals surface area contributed by atoms with Gasteiger partial charge in [-0.25, -0.2) is 4.99 Å². The Morgan fingerprint density at radius 2 is 2.56 bits per heavy atom. The Balaban J connectivity index is 2.44. The number of hydrogen-bond donors (Lipinski definition) is 1. The molecule has 9 heavy (non-hydrogen) atoms. The average molecular weight is 125 g/mol. The molecule has 0 bridgehead atoms. The minimum Gasteiger partial charge on any atom is -0.330 e. The summed E-state index contributed by atoms with van der Waals surface area (Å²) in [6.07, 6.45) is 2.64. The van der Waals surface area contributed by atoms with Crippen molar-refractivity contribution in [1.29, 1.82) is 0 Å². The van der Waals surface area contributed by atoms with Crippen molar-refractivity contribution < 1.29 is 0 Å². The Bertz CT molecular complexity index is 148. The molecule has 1 atom stereocenters. The summed E-state index contributed by atoms with van der Waals surface area (Å²) >= 11 is 0. The van der Waals surface area contributed by atoms with Gasteiger partial charge in [-0.1, -0.05) is 0 Å². The van der Waals surface area contributed by atoms with Crippen molar-refractivity contribution in [3.63, 3.8) is 0 Å². The highest BCUT2D eigenvalue weighted by Gasteiger charge is 2.04. The average Bonchev–Trinajstić information content (AvgIpc) is 2.17. The summed E-state index contributed by atoms with van der Waals surface area (Å²) in [6, 6.07) is 0.270. The number of aliphatic imine (C=N–C) groups is 2. The molecule has 2 N–H and O–H groups in total. The zero-order valence-corrected chi connectivity index (χ0v) is 5.54. The molecule has 0 saturated carbocycles. The van der Waals surface area contributed by atoms with E-state index < -0.39 is 0 Å². The second kappa shape index (κ2) is 2.73. The fourth-order valence-electron chi connectivity index (χ4n) is 0.754. The molecule has 0 aliphatic carbocycles. The van der Waals surface area contributed by atoms with E-state index >= 15 is 0 Å². The van der Waals surface area contributed by atoms with Gasteiger partial charge in [-0.3, -0.25) is 4.99 Å². The van der Waals surface area contributed by atoms with Crippen LogP contribution in [0.5, 0.6) is 0 Å². The van der Waals surface area contributed by atoms with Crippen LogP contribution in [-0.2, 0) is 0 Å². The van der Waals surface area contributed by atoms with Crippen LogP contribution in [0.25, 0.3) is 0 Å². The molecule has 0 aromatic rings. The highest BCUT2D eigenvalue weighted by Crippen LogP contribution is 1.99. The monoisotopic (exact) mass is 125 g/mol. The molecule has 1 aliphatic heterocycles. The molecule has 0 aromatic heterocycles. The first-order valence-corrected chi connectivity index (χ1v) is 3.14. The van der Waals surface area contributed by atoms with Crippen molar-refractivity contribution in [1.82, 2.24) is 0 Å². The molecule has 3 heteroatoms. The van der Waals surface area contributed by atoms with Crippen LogP contribution in [0.15, 0.2) is 9.98 Å². The molecule has 0 saturated heterocycles. The molecule has 0 amide bonds. The van der Waals surface area contributed by atoms with Crippen LogP contribution in [0.4, 0.5) is 0 Å². The van der Waals surface area contributed by atoms with E-state index in [-0.39, 0.29) is 6.04 Å². The van der Waals surface area contributed by atoms with Gasteiger partial charge in [0.1, 0.15) is 5.84 Å². The van der Waals surface area contributed by atoms with Crippen molar-refractivity contribution in [3.05, 3.63) is 0 Å². The van der Waals surface area contributed by atoms with E-state index in [1.165, 1.54) is 0 Å². The fourth-order valence-corrected chi connectivity index (χ4v) is 0.754. The normalized spacial score (nSPS) is 24.7. The van der Waals surface area contributed by atoms with Crippen LogP contribution in [-0.4, -0.2) is 24.6 Å². The maximum atomic E-state index is 5.30. The minimum atomic E-state index is 0.270. The van der Waals surface area contributed by atoms with Crippen LogP contribution in [0, 0.1) is 0 Å². The van der Waals surface area contributed by atoms with E-state index in [9.17, 15) is 0 Å². The maximum Gasteiger partial charge on any atom is 0.124 e. The molecular formula is C6H11N3. The van der Waals surface area contributed by atoms with Gasteiger partial charge in [-0.05, 0) is 13.5 Å². The summed E-state index contributed by atoms with van der Waals surface area (Å²) in [6.45, 7) is 2.65. The number of hydrogen-bond acceptors (Lipinski definition) is 3.